The minimum Gasteiger partial charge on any atom is -0.335 e. The van der Waals surface area contributed by atoms with Gasteiger partial charge in [0.25, 0.3) is 5.91 Å². The quantitative estimate of drug-likeness (QED) is 0.837. The number of carbonyl (C=O) groups is 1. The molecular weight excluding hydrogens is 380 g/mol. The lowest BCUT2D eigenvalue weighted by Crippen LogP contribution is -2.37. The van der Waals surface area contributed by atoms with Crippen LogP contribution in [0.2, 0.25) is 5.02 Å². The van der Waals surface area contributed by atoms with Gasteiger partial charge in [-0.1, -0.05) is 11.6 Å². The number of fused-ring (bicyclic) bond motifs is 2. The van der Waals surface area contributed by atoms with E-state index in [1.807, 2.05) is 0 Å². The highest BCUT2D eigenvalue weighted by Gasteiger charge is 2.41. The number of amides is 1. The van der Waals surface area contributed by atoms with E-state index in [1.54, 1.807) is 4.90 Å². The van der Waals surface area contributed by atoms with Crippen molar-refractivity contribution in [3.05, 3.63) is 27.2 Å². The number of carbonyl (C=O) groups excluding carboxylic acids is 1. The second-order valence-corrected chi connectivity index (χ2v) is 8.39. The molecule has 1 saturated heterocycles. The van der Waals surface area contributed by atoms with Crippen LogP contribution in [0.3, 0.4) is 0 Å². The molecule has 3 rings (SSSR count). The first-order chi connectivity index (χ1) is 9.77. The van der Waals surface area contributed by atoms with Crippen molar-refractivity contribution in [2.45, 2.75) is 30.2 Å². The number of piperidine rings is 1. The third kappa shape index (κ3) is 2.72. The molecule has 8 heteroatoms. The van der Waals surface area contributed by atoms with E-state index in [9.17, 15) is 13.2 Å². The monoisotopic (exact) mass is 392 g/mol. The molecule has 5 nitrogen and oxygen atoms in total. The summed E-state index contributed by atoms with van der Waals surface area (Å²) in [5, 5.41) is 5.39. The summed E-state index contributed by atoms with van der Waals surface area (Å²) in [4.78, 5) is 14.3. The van der Waals surface area contributed by atoms with Crippen LogP contribution in [0.5, 0.6) is 0 Å². The highest BCUT2D eigenvalue weighted by atomic mass is 79.9. The van der Waals surface area contributed by atoms with E-state index in [4.69, 9.17) is 16.7 Å². The highest BCUT2D eigenvalue weighted by molar-refractivity contribution is 9.10. The number of rotatable bonds is 2. The van der Waals surface area contributed by atoms with Crippen molar-refractivity contribution in [3.63, 3.8) is 0 Å². The maximum atomic E-state index is 12.6. The highest BCUT2D eigenvalue weighted by Crippen LogP contribution is 2.39. The van der Waals surface area contributed by atoms with Crippen molar-refractivity contribution in [2.75, 3.05) is 6.54 Å². The molecule has 1 aromatic carbocycles. The summed E-state index contributed by atoms with van der Waals surface area (Å²) < 4.78 is 23.4. The fourth-order valence-corrected chi connectivity index (χ4v) is 5.25. The zero-order valence-electron chi connectivity index (χ0n) is 11.1. The molecule has 2 atom stereocenters. The summed E-state index contributed by atoms with van der Waals surface area (Å²) in [6.45, 7) is 0.723. The Morgan fingerprint density at radius 2 is 2.10 bits per heavy atom. The number of primary sulfonamides is 1. The van der Waals surface area contributed by atoms with Crippen molar-refractivity contribution in [1.82, 2.24) is 4.90 Å². The van der Waals surface area contributed by atoms with E-state index in [-0.39, 0.29) is 31.9 Å². The number of halogens is 2. The van der Waals surface area contributed by atoms with Gasteiger partial charge >= 0.3 is 0 Å². The smallest absolute Gasteiger partial charge is 0.255 e. The lowest BCUT2D eigenvalue weighted by molar-refractivity contribution is 0.0703. The van der Waals surface area contributed by atoms with Gasteiger partial charge in [-0.25, -0.2) is 13.6 Å². The van der Waals surface area contributed by atoms with Crippen LogP contribution in [-0.4, -0.2) is 31.8 Å². The molecule has 1 saturated carbocycles. The Hall–Kier alpha value is -0.630. The second-order valence-electron chi connectivity index (χ2n) is 5.60. The molecule has 21 heavy (non-hydrogen) atoms. The van der Waals surface area contributed by atoms with Gasteiger partial charge in [-0.05, 0) is 53.2 Å². The maximum absolute atomic E-state index is 12.6. The summed E-state index contributed by atoms with van der Waals surface area (Å²) in [5.74, 6) is 0.343. The van der Waals surface area contributed by atoms with Crippen LogP contribution in [0, 0.1) is 5.92 Å². The SMILES string of the molecule is NS(=O)(=O)c1cc(C(=O)N2CC3CCC2C3)c(Cl)cc1Br. The van der Waals surface area contributed by atoms with Gasteiger partial charge in [-0.2, -0.15) is 0 Å². The fourth-order valence-electron chi connectivity index (χ4n) is 3.24. The van der Waals surface area contributed by atoms with Crippen LogP contribution in [0.1, 0.15) is 29.6 Å². The number of sulfonamides is 1. The third-order valence-electron chi connectivity index (χ3n) is 4.23. The van der Waals surface area contributed by atoms with Crippen molar-refractivity contribution in [2.24, 2.45) is 11.1 Å². The maximum Gasteiger partial charge on any atom is 0.255 e. The number of nitrogens with zero attached hydrogens (tertiary/aromatic N) is 1. The first kappa shape index (κ1) is 15.3. The van der Waals surface area contributed by atoms with Crippen molar-refractivity contribution in [1.29, 1.82) is 0 Å². The van der Waals surface area contributed by atoms with Crippen LogP contribution in [-0.2, 0) is 10.0 Å². The summed E-state index contributed by atoms with van der Waals surface area (Å²) in [6, 6.07) is 2.92. The van der Waals surface area contributed by atoms with Gasteiger partial charge in [-0.3, -0.25) is 4.79 Å². The predicted octanol–water partition coefficient (Wildman–Crippen LogP) is 2.37. The molecule has 0 radical (unpaired) electrons. The van der Waals surface area contributed by atoms with E-state index in [0.717, 1.165) is 25.8 Å². The van der Waals surface area contributed by atoms with Crippen LogP contribution in [0.15, 0.2) is 21.5 Å². The molecule has 114 valence electrons. The van der Waals surface area contributed by atoms with Gasteiger partial charge in [0.2, 0.25) is 10.0 Å². The Morgan fingerprint density at radius 1 is 1.38 bits per heavy atom. The summed E-state index contributed by atoms with van der Waals surface area (Å²) in [7, 11) is -3.92. The standard InChI is InChI=1S/C13H14BrClN2O3S/c14-10-5-11(15)9(4-12(10)21(16,19)20)13(18)17-6-7-1-2-8(17)3-7/h4-5,7-8H,1-3,6H2,(H2,16,19,20). The van der Waals surface area contributed by atoms with Crippen molar-refractivity contribution >= 4 is 43.5 Å². The number of hydrogen-bond donors (Lipinski definition) is 1. The molecule has 2 aliphatic rings. The summed E-state index contributed by atoms with van der Waals surface area (Å²) in [5.41, 5.74) is 0.191. The third-order valence-corrected chi connectivity index (χ3v) is 6.41. The Bertz CT molecular complexity index is 722. The molecule has 0 spiro atoms. The molecule has 2 fully saturated rings. The van der Waals surface area contributed by atoms with Crippen LogP contribution in [0.4, 0.5) is 0 Å². The Kier molecular flexibility index (Phi) is 3.80. The van der Waals surface area contributed by atoms with Gasteiger partial charge in [0.05, 0.1) is 15.5 Å². The minimum absolute atomic E-state index is 0.125. The van der Waals surface area contributed by atoms with E-state index >= 15 is 0 Å². The van der Waals surface area contributed by atoms with Crippen LogP contribution < -0.4 is 5.14 Å². The van der Waals surface area contributed by atoms with Crippen LogP contribution in [0.25, 0.3) is 0 Å². The molecule has 1 amide bonds. The molecule has 2 N–H and O–H groups in total. The van der Waals surface area contributed by atoms with Gasteiger partial charge in [0, 0.05) is 17.1 Å². The predicted molar refractivity (Wildman–Crippen MR) is 82.7 cm³/mol. The topological polar surface area (TPSA) is 80.5 Å². The van der Waals surface area contributed by atoms with Crippen molar-refractivity contribution < 1.29 is 13.2 Å². The Morgan fingerprint density at radius 3 is 2.62 bits per heavy atom. The van der Waals surface area contributed by atoms with Gasteiger partial charge in [0.1, 0.15) is 0 Å². The number of hydrogen-bond acceptors (Lipinski definition) is 3. The molecule has 0 aromatic heterocycles. The lowest BCUT2D eigenvalue weighted by atomic mass is 10.1. The van der Waals surface area contributed by atoms with Gasteiger partial charge in [-0.15, -0.1) is 0 Å². The van der Waals surface area contributed by atoms with Crippen LogP contribution >= 0.6 is 27.5 Å². The first-order valence-electron chi connectivity index (χ1n) is 6.60. The molecular formula is C13H14BrClN2O3S. The zero-order valence-corrected chi connectivity index (χ0v) is 14.2. The summed E-state index contributed by atoms with van der Waals surface area (Å²) in [6.07, 6.45) is 3.19. The molecule has 2 bridgehead atoms. The normalized spacial score (nSPS) is 24.6. The number of benzene rings is 1. The van der Waals surface area contributed by atoms with E-state index in [0.29, 0.717) is 5.92 Å². The average molecular weight is 394 g/mol. The van der Waals surface area contributed by atoms with E-state index < -0.39 is 10.0 Å². The second kappa shape index (κ2) is 5.22. The molecule has 1 aliphatic carbocycles. The molecule has 2 unspecified atom stereocenters. The van der Waals surface area contributed by atoms with Gasteiger partial charge < -0.3 is 4.90 Å². The molecule has 1 aromatic rings. The number of likely N-dealkylation sites (tertiary alicyclic amines) is 1. The average Bonchev–Trinajstić information content (AvgIpc) is 2.98. The fraction of sp³-hybridized carbons (Fsp3) is 0.462. The number of nitrogens with two attached hydrogens (primary N) is 1. The molecule has 1 heterocycles. The minimum atomic E-state index is -3.92. The Balaban J connectivity index is 2.00. The first-order valence-corrected chi connectivity index (χ1v) is 9.32. The Labute approximate surface area is 136 Å². The van der Waals surface area contributed by atoms with E-state index in [1.165, 1.54) is 12.1 Å². The largest absolute Gasteiger partial charge is 0.335 e. The zero-order chi connectivity index (χ0) is 15.4. The molecule has 1 aliphatic heterocycles. The van der Waals surface area contributed by atoms with Crippen molar-refractivity contribution in [3.8, 4) is 0 Å². The van der Waals surface area contributed by atoms with E-state index in [2.05, 4.69) is 15.9 Å². The summed E-state index contributed by atoms with van der Waals surface area (Å²) >= 11 is 9.23. The van der Waals surface area contributed by atoms with Gasteiger partial charge in [0.15, 0.2) is 0 Å². The lowest BCUT2D eigenvalue weighted by Gasteiger charge is -2.27.